The number of aryl methyl sites for hydroxylation is 1. The van der Waals surface area contributed by atoms with E-state index in [1.54, 1.807) is 0 Å². The van der Waals surface area contributed by atoms with E-state index in [1.807, 2.05) is 6.07 Å². The maximum Gasteiger partial charge on any atom is -0.0149 e. The molecule has 0 saturated heterocycles. The van der Waals surface area contributed by atoms with Gasteiger partial charge in [0.1, 0.15) is 0 Å². The fourth-order valence-electron chi connectivity index (χ4n) is 5.04. The van der Waals surface area contributed by atoms with Crippen LogP contribution in [0.5, 0.6) is 0 Å². The zero-order valence-corrected chi connectivity index (χ0v) is 22.7. The van der Waals surface area contributed by atoms with Gasteiger partial charge in [0.25, 0.3) is 0 Å². The lowest BCUT2D eigenvalue weighted by atomic mass is 10.0. The van der Waals surface area contributed by atoms with Crippen LogP contribution in [0.2, 0.25) is 0 Å². The highest BCUT2D eigenvalue weighted by Crippen LogP contribution is 2.16. The lowest BCUT2D eigenvalue weighted by Crippen LogP contribution is -1.86. The lowest BCUT2D eigenvalue weighted by Gasteiger charge is -2.04. The molecular formula is C33H59. The first-order valence-electron chi connectivity index (χ1n) is 15.4. The first kappa shape index (κ1) is 30.3. The van der Waals surface area contributed by atoms with E-state index in [4.69, 9.17) is 0 Å². The van der Waals surface area contributed by atoms with E-state index in [2.05, 4.69) is 31.2 Å². The number of hydrogen-bond donors (Lipinski definition) is 0. The molecule has 0 amide bonds. The molecular weight excluding hydrogens is 396 g/mol. The Hall–Kier alpha value is -0.780. The zero-order chi connectivity index (χ0) is 23.5. The van der Waals surface area contributed by atoms with Crippen LogP contribution in [0.25, 0.3) is 0 Å². The summed E-state index contributed by atoms with van der Waals surface area (Å²) >= 11 is 0. The quantitative estimate of drug-likeness (QED) is 0.122. The lowest BCUT2D eigenvalue weighted by molar-refractivity contribution is 0.516. The molecule has 0 N–H and O–H groups in total. The van der Waals surface area contributed by atoms with Crippen molar-refractivity contribution in [2.75, 3.05) is 0 Å². The normalized spacial score (nSPS) is 11.3. The van der Waals surface area contributed by atoms with Crippen LogP contribution in [0.1, 0.15) is 173 Å². The van der Waals surface area contributed by atoms with Crippen LogP contribution in [0.4, 0.5) is 0 Å². The molecule has 0 aromatic heterocycles. The van der Waals surface area contributed by atoms with Gasteiger partial charge in [0, 0.05) is 0 Å². The van der Waals surface area contributed by atoms with Gasteiger partial charge < -0.3 is 0 Å². The monoisotopic (exact) mass is 455 g/mol. The molecule has 33 heavy (non-hydrogen) atoms. The van der Waals surface area contributed by atoms with E-state index >= 15 is 0 Å². The van der Waals surface area contributed by atoms with Crippen molar-refractivity contribution in [2.45, 2.75) is 174 Å². The summed E-state index contributed by atoms with van der Waals surface area (Å²) in [6.45, 7) is 2.30. The van der Waals surface area contributed by atoms with E-state index < -0.39 is 0 Å². The second kappa shape index (κ2) is 25.8. The van der Waals surface area contributed by atoms with Crippen molar-refractivity contribution in [1.82, 2.24) is 0 Å². The predicted molar refractivity (Wildman–Crippen MR) is 150 cm³/mol. The molecule has 0 aliphatic carbocycles. The molecule has 0 atom stereocenters. The minimum atomic E-state index is 1.21. The molecule has 0 saturated carbocycles. The second-order valence-electron chi connectivity index (χ2n) is 10.6. The fraction of sp³-hybridized carbons (Fsp3) is 0.818. The summed E-state index contributed by atoms with van der Waals surface area (Å²) in [6.07, 6.45) is 37.7. The Morgan fingerprint density at radius 3 is 1.06 bits per heavy atom. The van der Waals surface area contributed by atoms with E-state index in [-0.39, 0.29) is 0 Å². The van der Waals surface area contributed by atoms with Crippen molar-refractivity contribution in [3.8, 4) is 0 Å². The molecule has 1 rings (SSSR count). The van der Waals surface area contributed by atoms with Crippen molar-refractivity contribution in [1.29, 1.82) is 0 Å². The van der Waals surface area contributed by atoms with E-state index in [0.29, 0.717) is 0 Å². The van der Waals surface area contributed by atoms with Crippen molar-refractivity contribution in [2.24, 2.45) is 0 Å². The molecule has 0 heteroatoms. The zero-order valence-electron chi connectivity index (χ0n) is 22.7. The minimum Gasteiger partial charge on any atom is -0.0654 e. The molecule has 0 aliphatic heterocycles. The van der Waals surface area contributed by atoms with Gasteiger partial charge in [0.05, 0.1) is 0 Å². The molecule has 0 heterocycles. The third-order valence-electron chi connectivity index (χ3n) is 7.32. The number of hydrogen-bond acceptors (Lipinski definition) is 0. The molecule has 1 aromatic rings. The average Bonchev–Trinajstić information content (AvgIpc) is 2.84. The predicted octanol–water partition coefficient (Wildman–Crippen LogP) is 11.8. The van der Waals surface area contributed by atoms with E-state index in [0.717, 1.165) is 0 Å². The molecule has 0 bridgehead atoms. The van der Waals surface area contributed by atoms with Crippen LogP contribution >= 0.6 is 0 Å². The maximum absolute atomic E-state index is 3.34. The SMILES string of the molecule is CCCCCCCCCCCCCCCCCCCCCCCCCCCc1[c]cccc1. The highest BCUT2D eigenvalue weighted by atomic mass is 14.0. The van der Waals surface area contributed by atoms with Gasteiger partial charge in [-0.1, -0.05) is 185 Å². The standard InChI is InChI=1S/C33H59/c1-2-3-4-5-6-7-8-9-10-11-12-13-14-15-16-17-18-19-20-21-22-23-24-25-27-30-33-31-28-26-29-32-33/h26,28-29,31H,2-25,27,30H2,1H3. The molecule has 191 valence electrons. The van der Waals surface area contributed by atoms with Crippen LogP contribution in [0.3, 0.4) is 0 Å². The molecule has 0 fully saturated rings. The first-order valence-corrected chi connectivity index (χ1v) is 15.4. The molecule has 1 aromatic carbocycles. The Morgan fingerprint density at radius 1 is 0.424 bits per heavy atom. The van der Waals surface area contributed by atoms with Gasteiger partial charge in [-0.15, -0.1) is 0 Å². The maximum atomic E-state index is 3.34. The second-order valence-corrected chi connectivity index (χ2v) is 10.6. The summed E-state index contributed by atoms with van der Waals surface area (Å²) in [4.78, 5) is 0. The molecule has 0 nitrogen and oxygen atoms in total. The minimum absolute atomic E-state index is 1.21. The Balaban J connectivity index is 1.64. The van der Waals surface area contributed by atoms with Crippen LogP contribution in [-0.2, 0) is 6.42 Å². The van der Waals surface area contributed by atoms with Crippen LogP contribution in [-0.4, -0.2) is 0 Å². The van der Waals surface area contributed by atoms with Gasteiger partial charge in [0.2, 0.25) is 0 Å². The molecule has 0 unspecified atom stereocenters. The van der Waals surface area contributed by atoms with Crippen LogP contribution in [0.15, 0.2) is 24.3 Å². The van der Waals surface area contributed by atoms with Gasteiger partial charge >= 0.3 is 0 Å². The van der Waals surface area contributed by atoms with Gasteiger partial charge in [-0.3, -0.25) is 0 Å². The van der Waals surface area contributed by atoms with Crippen molar-refractivity contribution < 1.29 is 0 Å². The number of benzene rings is 1. The molecule has 0 spiro atoms. The fourth-order valence-corrected chi connectivity index (χ4v) is 5.04. The molecule has 1 radical (unpaired) electrons. The molecule has 0 aliphatic rings. The van der Waals surface area contributed by atoms with Gasteiger partial charge in [-0.2, -0.15) is 0 Å². The van der Waals surface area contributed by atoms with Gasteiger partial charge in [0.15, 0.2) is 0 Å². The summed E-state index contributed by atoms with van der Waals surface area (Å²) in [5.41, 5.74) is 1.38. The largest absolute Gasteiger partial charge is 0.0654 e. The Morgan fingerprint density at radius 2 is 0.758 bits per heavy atom. The Labute approximate surface area is 209 Å². The summed E-state index contributed by atoms with van der Waals surface area (Å²) in [6, 6.07) is 11.8. The third-order valence-corrected chi connectivity index (χ3v) is 7.32. The average molecular weight is 456 g/mol. The summed E-state index contributed by atoms with van der Waals surface area (Å²) < 4.78 is 0. The van der Waals surface area contributed by atoms with E-state index in [1.165, 1.54) is 173 Å². The van der Waals surface area contributed by atoms with Gasteiger partial charge in [-0.05, 0) is 24.5 Å². The number of unbranched alkanes of at least 4 members (excludes halogenated alkanes) is 24. The Bertz CT molecular complexity index is 462. The van der Waals surface area contributed by atoms with E-state index in [9.17, 15) is 0 Å². The summed E-state index contributed by atoms with van der Waals surface area (Å²) in [7, 11) is 0. The van der Waals surface area contributed by atoms with Crippen molar-refractivity contribution in [3.63, 3.8) is 0 Å². The van der Waals surface area contributed by atoms with Crippen LogP contribution < -0.4 is 0 Å². The summed E-state index contributed by atoms with van der Waals surface area (Å²) in [5, 5.41) is 0. The van der Waals surface area contributed by atoms with Crippen molar-refractivity contribution in [3.05, 3.63) is 35.9 Å². The topological polar surface area (TPSA) is 0 Å². The van der Waals surface area contributed by atoms with Crippen LogP contribution in [0, 0.1) is 6.07 Å². The Kier molecular flexibility index (Phi) is 23.7. The van der Waals surface area contributed by atoms with Crippen molar-refractivity contribution >= 4 is 0 Å². The highest BCUT2D eigenvalue weighted by molar-refractivity contribution is 5.12. The highest BCUT2D eigenvalue weighted by Gasteiger charge is 1.97. The van der Waals surface area contributed by atoms with Gasteiger partial charge in [-0.25, -0.2) is 0 Å². The third kappa shape index (κ3) is 22.8. The first-order chi connectivity index (χ1) is 16.4. The number of rotatable bonds is 26. The summed E-state index contributed by atoms with van der Waals surface area (Å²) in [5.74, 6) is 0. The smallest absolute Gasteiger partial charge is 0.0149 e.